The Balaban J connectivity index is 1.96. The molecule has 0 fully saturated rings. The topological polar surface area (TPSA) is 81.1 Å². The summed E-state index contributed by atoms with van der Waals surface area (Å²) in [4.78, 5) is 13.4. The zero-order valence-electron chi connectivity index (χ0n) is 18.2. The van der Waals surface area contributed by atoms with Gasteiger partial charge in [0.15, 0.2) is 4.77 Å². The lowest BCUT2D eigenvalue weighted by Crippen LogP contribution is -2.23. The number of aryl methyl sites for hydroxylation is 1. The van der Waals surface area contributed by atoms with Gasteiger partial charge in [0.2, 0.25) is 11.6 Å². The number of aromatic nitrogens is 2. The van der Waals surface area contributed by atoms with Gasteiger partial charge in [-0.05, 0) is 74.6 Å². The molecule has 7 nitrogen and oxygen atoms in total. The molecule has 1 aromatic heterocycles. The van der Waals surface area contributed by atoms with E-state index in [-0.39, 0.29) is 16.3 Å². The molecule has 0 unspecified atom stereocenters. The van der Waals surface area contributed by atoms with Crippen LogP contribution in [0.3, 0.4) is 0 Å². The number of azo groups is 1. The Morgan fingerprint density at radius 3 is 2.12 bits per heavy atom. The van der Waals surface area contributed by atoms with Crippen LogP contribution in [0.25, 0.3) is 11.4 Å². The molecule has 4 aromatic rings. The molecule has 0 atom stereocenters. The minimum absolute atomic E-state index is 0.101. The molecule has 0 radical (unpaired) electrons. The second kappa shape index (κ2) is 9.62. The molecule has 0 aliphatic carbocycles. The van der Waals surface area contributed by atoms with Gasteiger partial charge in [-0.2, -0.15) is 5.11 Å². The van der Waals surface area contributed by atoms with E-state index in [9.17, 15) is 9.90 Å². The fraction of sp³-hybridized carbons (Fsp3) is 0.120. The van der Waals surface area contributed by atoms with Gasteiger partial charge in [-0.25, -0.2) is 0 Å². The fourth-order valence-corrected chi connectivity index (χ4v) is 3.67. The van der Waals surface area contributed by atoms with Crippen molar-refractivity contribution >= 4 is 23.6 Å². The maximum Gasteiger partial charge on any atom is 0.290 e. The van der Waals surface area contributed by atoms with Crippen LogP contribution >= 0.6 is 12.2 Å². The fourth-order valence-electron chi connectivity index (χ4n) is 3.29. The van der Waals surface area contributed by atoms with Crippen LogP contribution in [0, 0.1) is 11.7 Å². The van der Waals surface area contributed by atoms with Crippen LogP contribution in [0.4, 0.5) is 11.4 Å². The first-order valence-corrected chi connectivity index (χ1v) is 10.8. The molecule has 4 rings (SSSR count). The van der Waals surface area contributed by atoms with Gasteiger partial charge < -0.3 is 9.84 Å². The highest BCUT2D eigenvalue weighted by molar-refractivity contribution is 7.71. The monoisotopic (exact) mass is 458 g/mol. The highest BCUT2D eigenvalue weighted by atomic mass is 32.1. The Labute approximate surface area is 195 Å². The van der Waals surface area contributed by atoms with Crippen LogP contribution in [-0.4, -0.2) is 20.8 Å². The van der Waals surface area contributed by atoms with E-state index in [4.69, 9.17) is 17.0 Å². The number of hydrogen-bond donors (Lipinski definition) is 1. The van der Waals surface area contributed by atoms with Crippen molar-refractivity contribution in [1.29, 1.82) is 0 Å². The smallest absolute Gasteiger partial charge is 0.290 e. The van der Waals surface area contributed by atoms with Crippen LogP contribution < -0.4 is 10.3 Å². The van der Waals surface area contributed by atoms with Gasteiger partial charge >= 0.3 is 0 Å². The number of hydrogen-bond acceptors (Lipinski definition) is 6. The van der Waals surface area contributed by atoms with Crippen molar-refractivity contribution in [2.75, 3.05) is 6.61 Å². The standard InChI is InChI=1S/C25H22N4O3S/c1-3-32-21-15-13-20(14-16-21)29-24(31)22(27-26-18-7-5-4-6-8-18)23(30)28(25(29)33)19-11-9-17(2)10-12-19/h4-16,30H,3H2,1-2H3. The molecule has 0 saturated heterocycles. The second-order valence-corrected chi connectivity index (χ2v) is 7.59. The van der Waals surface area contributed by atoms with Crippen molar-refractivity contribution in [2.24, 2.45) is 10.2 Å². The summed E-state index contributed by atoms with van der Waals surface area (Å²) < 4.78 is 8.33. The van der Waals surface area contributed by atoms with E-state index >= 15 is 0 Å². The maximum atomic E-state index is 13.4. The Hall–Kier alpha value is -4.04. The van der Waals surface area contributed by atoms with Crippen LogP contribution in [0.15, 0.2) is 93.9 Å². The van der Waals surface area contributed by atoms with Crippen LogP contribution in [0.2, 0.25) is 0 Å². The third-order valence-corrected chi connectivity index (χ3v) is 5.30. The summed E-state index contributed by atoms with van der Waals surface area (Å²) in [5.41, 5.74) is 1.91. The Morgan fingerprint density at radius 1 is 0.879 bits per heavy atom. The van der Waals surface area contributed by atoms with Gasteiger partial charge in [0.05, 0.1) is 23.7 Å². The van der Waals surface area contributed by atoms with Gasteiger partial charge in [0.1, 0.15) is 5.75 Å². The van der Waals surface area contributed by atoms with Crippen LogP contribution in [0.5, 0.6) is 11.6 Å². The molecule has 33 heavy (non-hydrogen) atoms. The molecule has 0 spiro atoms. The molecule has 1 N–H and O–H groups in total. The maximum absolute atomic E-state index is 13.4. The predicted molar refractivity (Wildman–Crippen MR) is 130 cm³/mol. The van der Waals surface area contributed by atoms with E-state index in [1.807, 2.05) is 56.3 Å². The quantitative estimate of drug-likeness (QED) is 0.276. The first kappa shape index (κ1) is 22.2. The van der Waals surface area contributed by atoms with Crippen molar-refractivity contribution in [2.45, 2.75) is 13.8 Å². The van der Waals surface area contributed by atoms with Crippen LogP contribution in [0.1, 0.15) is 12.5 Å². The van der Waals surface area contributed by atoms with Crippen molar-refractivity contribution in [3.05, 3.63) is 99.6 Å². The van der Waals surface area contributed by atoms with Gasteiger partial charge in [-0.15, -0.1) is 5.11 Å². The summed E-state index contributed by atoms with van der Waals surface area (Å²) in [5.74, 6) is 0.296. The van der Waals surface area contributed by atoms with E-state index < -0.39 is 5.56 Å². The molecule has 3 aromatic carbocycles. The van der Waals surface area contributed by atoms with Gasteiger partial charge in [-0.3, -0.25) is 13.9 Å². The summed E-state index contributed by atoms with van der Waals surface area (Å²) >= 11 is 5.65. The zero-order valence-corrected chi connectivity index (χ0v) is 19.0. The lowest BCUT2D eigenvalue weighted by atomic mass is 10.2. The van der Waals surface area contributed by atoms with E-state index in [0.29, 0.717) is 29.4 Å². The first-order chi connectivity index (χ1) is 16.0. The average molecular weight is 459 g/mol. The van der Waals surface area contributed by atoms with Gasteiger partial charge in [0.25, 0.3) is 5.56 Å². The zero-order chi connectivity index (χ0) is 23.4. The predicted octanol–water partition coefficient (Wildman–Crippen LogP) is 6.19. The lowest BCUT2D eigenvalue weighted by molar-refractivity contribution is 0.340. The number of rotatable bonds is 6. The average Bonchev–Trinajstić information content (AvgIpc) is 2.82. The number of benzene rings is 3. The number of aromatic hydroxyl groups is 1. The lowest BCUT2D eigenvalue weighted by Gasteiger charge is -2.16. The number of nitrogens with zero attached hydrogens (tertiary/aromatic N) is 4. The largest absolute Gasteiger partial charge is 0.494 e. The van der Waals surface area contributed by atoms with E-state index in [2.05, 4.69) is 10.2 Å². The Kier molecular flexibility index (Phi) is 6.46. The second-order valence-electron chi connectivity index (χ2n) is 7.23. The first-order valence-electron chi connectivity index (χ1n) is 10.4. The minimum atomic E-state index is -0.579. The molecule has 0 aliphatic heterocycles. The Morgan fingerprint density at radius 2 is 1.48 bits per heavy atom. The van der Waals surface area contributed by atoms with Gasteiger partial charge in [0, 0.05) is 0 Å². The van der Waals surface area contributed by atoms with Gasteiger partial charge in [-0.1, -0.05) is 35.9 Å². The number of ether oxygens (including phenoxy) is 1. The molecule has 0 bridgehead atoms. The van der Waals surface area contributed by atoms with Crippen molar-refractivity contribution < 1.29 is 9.84 Å². The van der Waals surface area contributed by atoms with Crippen molar-refractivity contribution in [3.8, 4) is 23.0 Å². The normalized spacial score (nSPS) is 11.1. The Bertz CT molecular complexity index is 1410. The SMILES string of the molecule is CCOc1ccc(-n2c(=O)c(N=Nc3ccccc3)c(O)n(-c3ccc(C)cc3)c2=S)cc1. The molecule has 1 heterocycles. The van der Waals surface area contributed by atoms with Crippen LogP contribution in [-0.2, 0) is 0 Å². The third kappa shape index (κ3) is 4.61. The highest BCUT2D eigenvalue weighted by Crippen LogP contribution is 2.29. The third-order valence-electron chi connectivity index (χ3n) is 4.93. The summed E-state index contributed by atoms with van der Waals surface area (Å²) in [6.45, 7) is 4.39. The molecule has 8 heteroatoms. The molecule has 0 aliphatic rings. The summed E-state index contributed by atoms with van der Waals surface area (Å²) in [5, 5.41) is 19.3. The molecule has 0 saturated carbocycles. The molecular weight excluding hydrogens is 436 g/mol. The van der Waals surface area contributed by atoms with E-state index in [0.717, 1.165) is 5.56 Å². The molecule has 0 amide bonds. The van der Waals surface area contributed by atoms with Crippen molar-refractivity contribution in [3.63, 3.8) is 0 Å². The molecule has 166 valence electrons. The summed E-state index contributed by atoms with van der Waals surface area (Å²) in [6, 6.07) is 23.4. The van der Waals surface area contributed by atoms with E-state index in [1.165, 1.54) is 9.13 Å². The van der Waals surface area contributed by atoms with Crippen molar-refractivity contribution in [1.82, 2.24) is 9.13 Å². The summed E-state index contributed by atoms with van der Waals surface area (Å²) in [7, 11) is 0. The highest BCUT2D eigenvalue weighted by Gasteiger charge is 2.19. The minimum Gasteiger partial charge on any atom is -0.494 e. The molecular formula is C25H22N4O3S. The summed E-state index contributed by atoms with van der Waals surface area (Å²) in [6.07, 6.45) is 0. The van der Waals surface area contributed by atoms with E-state index in [1.54, 1.807) is 36.4 Å².